The Morgan fingerprint density at radius 1 is 0.889 bits per heavy atom. The molecule has 0 heteroatoms. The van der Waals surface area contributed by atoms with Crippen LogP contribution in [0, 0.1) is 29.6 Å². The molecule has 2 saturated carbocycles. The predicted octanol–water partition coefficient (Wildman–Crippen LogP) is 7.69. The van der Waals surface area contributed by atoms with E-state index in [1.165, 1.54) is 76.2 Å². The van der Waals surface area contributed by atoms with Crippen LogP contribution in [0.1, 0.15) is 95.1 Å². The first-order valence-corrected chi connectivity index (χ1v) is 11.5. The van der Waals surface area contributed by atoms with Gasteiger partial charge >= 0.3 is 0 Å². The van der Waals surface area contributed by atoms with Crippen molar-refractivity contribution in [3.8, 4) is 11.8 Å². The third-order valence-electron chi connectivity index (χ3n) is 6.92. The summed E-state index contributed by atoms with van der Waals surface area (Å²) in [6, 6.07) is 9.42. The molecule has 0 radical (unpaired) electrons. The van der Waals surface area contributed by atoms with Crippen LogP contribution in [-0.2, 0) is 6.42 Å². The number of rotatable bonds is 5. The largest absolute Gasteiger partial charge is 0.0951 e. The van der Waals surface area contributed by atoms with Gasteiger partial charge in [-0.05, 0) is 92.7 Å². The zero-order valence-corrected chi connectivity index (χ0v) is 17.6. The first-order chi connectivity index (χ1) is 13.3. The highest BCUT2D eigenvalue weighted by Crippen LogP contribution is 2.35. The third kappa shape index (κ3) is 6.27. The Kier molecular flexibility index (Phi) is 8.07. The van der Waals surface area contributed by atoms with E-state index in [4.69, 9.17) is 0 Å². The van der Waals surface area contributed by atoms with Crippen LogP contribution in [0.4, 0.5) is 0 Å². The maximum absolute atomic E-state index is 3.54. The first-order valence-electron chi connectivity index (χ1n) is 11.5. The fraction of sp³-hybridized carbons (Fsp3) is 0.630. The molecule has 146 valence electrons. The van der Waals surface area contributed by atoms with Gasteiger partial charge in [-0.15, -0.1) is 0 Å². The topological polar surface area (TPSA) is 0 Å². The summed E-state index contributed by atoms with van der Waals surface area (Å²) in [7, 11) is 0. The summed E-state index contributed by atoms with van der Waals surface area (Å²) in [6.45, 7) is 4.59. The Balaban J connectivity index is 1.41. The zero-order chi connectivity index (χ0) is 18.9. The second-order valence-electron chi connectivity index (χ2n) is 8.88. The van der Waals surface area contributed by atoms with Crippen LogP contribution in [0.15, 0.2) is 36.4 Å². The lowest BCUT2D eigenvalue weighted by molar-refractivity contribution is 0.304. The summed E-state index contributed by atoms with van der Waals surface area (Å²) >= 11 is 0. The molecule has 2 aliphatic carbocycles. The van der Waals surface area contributed by atoms with Gasteiger partial charge in [-0.3, -0.25) is 0 Å². The van der Waals surface area contributed by atoms with Crippen LogP contribution >= 0.6 is 0 Å². The molecular weight excluding hydrogens is 324 g/mol. The van der Waals surface area contributed by atoms with E-state index in [1.807, 2.05) is 0 Å². The molecule has 2 fully saturated rings. The van der Waals surface area contributed by atoms with Crippen LogP contribution < -0.4 is 0 Å². The molecule has 0 aromatic heterocycles. The van der Waals surface area contributed by atoms with E-state index in [9.17, 15) is 0 Å². The summed E-state index contributed by atoms with van der Waals surface area (Å²) in [5, 5.41) is 0. The van der Waals surface area contributed by atoms with Crippen molar-refractivity contribution in [2.24, 2.45) is 17.8 Å². The average Bonchev–Trinajstić information content (AvgIpc) is 2.73. The number of allylic oxidation sites excluding steroid dienone is 2. The minimum Gasteiger partial charge on any atom is -0.0951 e. The van der Waals surface area contributed by atoms with Gasteiger partial charge in [0.15, 0.2) is 0 Å². The van der Waals surface area contributed by atoms with Crippen molar-refractivity contribution in [2.75, 3.05) is 0 Å². The Labute approximate surface area is 167 Å². The predicted molar refractivity (Wildman–Crippen MR) is 118 cm³/mol. The molecule has 0 atom stereocenters. The van der Waals surface area contributed by atoms with Gasteiger partial charge in [0.25, 0.3) is 0 Å². The van der Waals surface area contributed by atoms with Crippen molar-refractivity contribution in [2.45, 2.75) is 90.4 Å². The first kappa shape index (κ1) is 20.3. The Morgan fingerprint density at radius 3 is 2.22 bits per heavy atom. The lowest BCUT2D eigenvalue weighted by Crippen LogP contribution is -2.12. The average molecular weight is 363 g/mol. The van der Waals surface area contributed by atoms with Gasteiger partial charge in [0, 0.05) is 5.92 Å². The van der Waals surface area contributed by atoms with Crippen LogP contribution in [-0.4, -0.2) is 0 Å². The smallest absolute Gasteiger partial charge is 0.0206 e. The normalized spacial score (nSPS) is 28.7. The molecule has 0 spiro atoms. The van der Waals surface area contributed by atoms with Crippen molar-refractivity contribution >= 4 is 0 Å². The standard InChI is InChI=1S/C27H38/c1-3-7-23-14-18-26(19-15-23)27-20-16-25(17-21-27)9-6-5-8-24-12-10-22(4-2)11-13-24/h5,8,14-15,18-19,22,24-25,27H,3-4,7,10-13,16-17,20-21H2,1-2H3. The molecule has 0 saturated heterocycles. The molecule has 0 bridgehead atoms. The van der Waals surface area contributed by atoms with Crippen molar-refractivity contribution in [1.29, 1.82) is 0 Å². The lowest BCUT2D eigenvalue weighted by atomic mass is 9.78. The van der Waals surface area contributed by atoms with Gasteiger partial charge in [-0.25, -0.2) is 0 Å². The summed E-state index contributed by atoms with van der Waals surface area (Å²) in [4.78, 5) is 0. The summed E-state index contributed by atoms with van der Waals surface area (Å²) in [5.74, 6) is 10.1. The molecule has 3 rings (SSSR count). The Hall–Kier alpha value is -1.48. The van der Waals surface area contributed by atoms with Gasteiger partial charge < -0.3 is 0 Å². The minimum absolute atomic E-state index is 0.612. The van der Waals surface area contributed by atoms with E-state index < -0.39 is 0 Å². The SMILES string of the molecule is CCCc1ccc(C2CCC(C#CC=CC3CCC(CC)CC3)CC2)cc1. The van der Waals surface area contributed by atoms with Gasteiger partial charge in [0.1, 0.15) is 0 Å². The summed E-state index contributed by atoms with van der Waals surface area (Å²) in [5.41, 5.74) is 3.03. The molecule has 1 aromatic carbocycles. The van der Waals surface area contributed by atoms with E-state index in [0.29, 0.717) is 5.92 Å². The van der Waals surface area contributed by atoms with Crippen LogP contribution in [0.25, 0.3) is 0 Å². The van der Waals surface area contributed by atoms with Crippen LogP contribution in [0.3, 0.4) is 0 Å². The number of hydrogen-bond acceptors (Lipinski definition) is 0. The van der Waals surface area contributed by atoms with Crippen LogP contribution in [0.2, 0.25) is 0 Å². The third-order valence-corrected chi connectivity index (χ3v) is 6.92. The van der Waals surface area contributed by atoms with Gasteiger partial charge in [-0.2, -0.15) is 0 Å². The molecule has 0 N–H and O–H groups in total. The highest BCUT2D eigenvalue weighted by molar-refractivity contribution is 5.26. The fourth-order valence-corrected chi connectivity index (χ4v) is 4.96. The number of hydrogen-bond donors (Lipinski definition) is 0. The molecule has 0 aliphatic heterocycles. The zero-order valence-electron chi connectivity index (χ0n) is 17.6. The molecule has 0 unspecified atom stereocenters. The van der Waals surface area contributed by atoms with E-state index >= 15 is 0 Å². The second-order valence-corrected chi connectivity index (χ2v) is 8.88. The molecule has 1 aromatic rings. The molecule has 0 heterocycles. The Bertz CT molecular complexity index is 623. The summed E-state index contributed by atoms with van der Waals surface area (Å²) in [6.07, 6.45) is 19.1. The highest BCUT2D eigenvalue weighted by Gasteiger charge is 2.21. The van der Waals surface area contributed by atoms with Gasteiger partial charge in [0.2, 0.25) is 0 Å². The molecule has 0 amide bonds. The fourth-order valence-electron chi connectivity index (χ4n) is 4.96. The summed E-state index contributed by atoms with van der Waals surface area (Å²) < 4.78 is 0. The molecule has 27 heavy (non-hydrogen) atoms. The van der Waals surface area contributed by atoms with Crippen molar-refractivity contribution in [3.05, 3.63) is 47.5 Å². The van der Waals surface area contributed by atoms with Crippen molar-refractivity contribution in [3.63, 3.8) is 0 Å². The van der Waals surface area contributed by atoms with Crippen LogP contribution in [0.5, 0.6) is 0 Å². The maximum Gasteiger partial charge on any atom is 0.0206 e. The van der Waals surface area contributed by atoms with E-state index in [0.717, 1.165) is 17.8 Å². The number of aryl methyl sites for hydroxylation is 1. The van der Waals surface area contributed by atoms with Gasteiger partial charge in [-0.1, -0.05) is 68.9 Å². The highest BCUT2D eigenvalue weighted by atomic mass is 14.3. The maximum atomic E-state index is 3.54. The quantitative estimate of drug-likeness (QED) is 0.471. The molecule has 0 nitrogen and oxygen atoms in total. The van der Waals surface area contributed by atoms with Crippen molar-refractivity contribution < 1.29 is 0 Å². The number of benzene rings is 1. The Morgan fingerprint density at radius 2 is 1.59 bits per heavy atom. The molecule has 2 aliphatic rings. The van der Waals surface area contributed by atoms with Gasteiger partial charge in [0.05, 0.1) is 0 Å². The monoisotopic (exact) mass is 362 g/mol. The minimum atomic E-state index is 0.612. The molecular formula is C27H38. The second kappa shape index (κ2) is 10.8. The van der Waals surface area contributed by atoms with E-state index in [1.54, 1.807) is 5.56 Å². The van der Waals surface area contributed by atoms with Crippen molar-refractivity contribution in [1.82, 2.24) is 0 Å². The van der Waals surface area contributed by atoms with E-state index in [-0.39, 0.29) is 0 Å². The lowest BCUT2D eigenvalue weighted by Gasteiger charge is -2.26. The van der Waals surface area contributed by atoms with E-state index in [2.05, 4.69) is 62.1 Å².